The second-order valence-corrected chi connectivity index (χ2v) is 4.82. The summed E-state index contributed by atoms with van der Waals surface area (Å²) in [6, 6.07) is 2.17. The van der Waals surface area contributed by atoms with E-state index in [4.69, 9.17) is 16.9 Å². The third kappa shape index (κ3) is 2.23. The number of aromatic nitrogens is 2. The molecule has 14 heavy (non-hydrogen) atoms. The lowest BCUT2D eigenvalue weighted by Crippen LogP contribution is -2.01. The van der Waals surface area contributed by atoms with Crippen molar-refractivity contribution in [3.05, 3.63) is 11.3 Å². The van der Waals surface area contributed by atoms with Gasteiger partial charge in [0, 0.05) is 18.2 Å². The zero-order chi connectivity index (χ0) is 10.7. The van der Waals surface area contributed by atoms with Crippen molar-refractivity contribution in [3.63, 3.8) is 0 Å². The van der Waals surface area contributed by atoms with Crippen LogP contribution >= 0.6 is 23.4 Å². The highest BCUT2D eigenvalue weighted by atomic mass is 35.5. The Morgan fingerprint density at radius 2 is 2.36 bits per heavy atom. The number of aryl methyl sites for hydroxylation is 2. The molecule has 1 aromatic heterocycles. The summed E-state index contributed by atoms with van der Waals surface area (Å²) < 4.78 is 1.74. The Labute approximate surface area is 93.0 Å². The third-order valence-corrected chi connectivity index (χ3v) is 3.72. The van der Waals surface area contributed by atoms with Crippen molar-refractivity contribution in [2.45, 2.75) is 24.1 Å². The first kappa shape index (κ1) is 11.4. The minimum atomic E-state index is 0.290. The standard InChI is InChI=1S/C9H12ClN3S/c1-6(4-10)14-9-8(5-11)7(2)12-13(9)3/h6H,4H2,1-3H3. The summed E-state index contributed by atoms with van der Waals surface area (Å²) in [4.78, 5) is 0. The van der Waals surface area contributed by atoms with Crippen molar-refractivity contribution >= 4 is 23.4 Å². The van der Waals surface area contributed by atoms with Crippen molar-refractivity contribution in [2.75, 3.05) is 5.88 Å². The van der Waals surface area contributed by atoms with E-state index < -0.39 is 0 Å². The van der Waals surface area contributed by atoms with Crippen LogP contribution in [0.2, 0.25) is 0 Å². The normalized spacial score (nSPS) is 12.5. The van der Waals surface area contributed by atoms with Gasteiger partial charge in [-0.05, 0) is 6.92 Å². The molecule has 1 unspecified atom stereocenters. The maximum atomic E-state index is 8.95. The first-order chi connectivity index (χ1) is 6.60. The zero-order valence-corrected chi connectivity index (χ0v) is 9.98. The average molecular weight is 230 g/mol. The van der Waals surface area contributed by atoms with E-state index in [1.165, 1.54) is 0 Å². The first-order valence-corrected chi connectivity index (χ1v) is 5.67. The van der Waals surface area contributed by atoms with Gasteiger partial charge in [-0.3, -0.25) is 4.68 Å². The molecule has 1 heterocycles. The molecular weight excluding hydrogens is 218 g/mol. The molecule has 0 spiro atoms. The van der Waals surface area contributed by atoms with Crippen LogP contribution in [0, 0.1) is 18.3 Å². The predicted molar refractivity (Wildman–Crippen MR) is 58.7 cm³/mol. The van der Waals surface area contributed by atoms with Crippen LogP contribution in [0.15, 0.2) is 5.03 Å². The van der Waals surface area contributed by atoms with Gasteiger partial charge in [0.2, 0.25) is 0 Å². The van der Waals surface area contributed by atoms with Gasteiger partial charge in [0.15, 0.2) is 0 Å². The summed E-state index contributed by atoms with van der Waals surface area (Å²) in [5.41, 5.74) is 1.44. The van der Waals surface area contributed by atoms with Crippen LogP contribution in [0.3, 0.4) is 0 Å². The molecule has 0 aliphatic carbocycles. The minimum Gasteiger partial charge on any atom is -0.260 e. The number of thioether (sulfide) groups is 1. The number of hydrogen-bond acceptors (Lipinski definition) is 3. The van der Waals surface area contributed by atoms with E-state index in [1.54, 1.807) is 16.4 Å². The molecule has 0 amide bonds. The summed E-state index contributed by atoms with van der Waals surface area (Å²) in [6.45, 7) is 3.87. The first-order valence-electron chi connectivity index (χ1n) is 4.26. The van der Waals surface area contributed by atoms with Gasteiger partial charge >= 0.3 is 0 Å². The molecule has 76 valence electrons. The Balaban J connectivity index is 3.02. The van der Waals surface area contributed by atoms with Crippen LogP contribution in [0.5, 0.6) is 0 Å². The summed E-state index contributed by atoms with van der Waals surface area (Å²) in [6.07, 6.45) is 0. The van der Waals surface area contributed by atoms with Crippen molar-refractivity contribution < 1.29 is 0 Å². The fraction of sp³-hybridized carbons (Fsp3) is 0.556. The smallest absolute Gasteiger partial charge is 0.112 e. The van der Waals surface area contributed by atoms with Crippen molar-refractivity contribution in [2.24, 2.45) is 7.05 Å². The number of nitrogens with zero attached hydrogens (tertiary/aromatic N) is 3. The molecule has 3 nitrogen and oxygen atoms in total. The Hall–Kier alpha value is -0.660. The monoisotopic (exact) mass is 229 g/mol. The third-order valence-electron chi connectivity index (χ3n) is 1.81. The molecule has 1 atom stereocenters. The van der Waals surface area contributed by atoms with E-state index in [0.29, 0.717) is 16.7 Å². The summed E-state index contributed by atoms with van der Waals surface area (Å²) in [5, 5.41) is 14.3. The number of alkyl halides is 1. The highest BCUT2D eigenvalue weighted by Gasteiger charge is 2.15. The molecule has 0 bridgehead atoms. The maximum Gasteiger partial charge on any atom is 0.112 e. The molecule has 0 aliphatic rings. The lowest BCUT2D eigenvalue weighted by atomic mass is 10.3. The van der Waals surface area contributed by atoms with Crippen LogP contribution < -0.4 is 0 Å². The van der Waals surface area contributed by atoms with Gasteiger partial charge in [-0.2, -0.15) is 10.4 Å². The Morgan fingerprint density at radius 3 is 2.86 bits per heavy atom. The van der Waals surface area contributed by atoms with Crippen molar-refractivity contribution in [1.82, 2.24) is 9.78 Å². The zero-order valence-electron chi connectivity index (χ0n) is 8.41. The molecular formula is C9H12ClN3S. The highest BCUT2D eigenvalue weighted by Crippen LogP contribution is 2.28. The number of halogens is 1. The minimum absolute atomic E-state index is 0.290. The van der Waals surface area contributed by atoms with E-state index >= 15 is 0 Å². The molecule has 5 heteroatoms. The average Bonchev–Trinajstić information content (AvgIpc) is 2.41. The van der Waals surface area contributed by atoms with E-state index in [9.17, 15) is 0 Å². The predicted octanol–water partition coefficient (Wildman–Crippen LogP) is 2.32. The van der Waals surface area contributed by atoms with Gasteiger partial charge in [0.1, 0.15) is 16.7 Å². The van der Waals surface area contributed by atoms with Crippen LogP contribution in [0.4, 0.5) is 0 Å². The van der Waals surface area contributed by atoms with E-state index in [-0.39, 0.29) is 0 Å². The number of hydrogen-bond donors (Lipinski definition) is 0. The molecule has 1 rings (SSSR count). The largest absolute Gasteiger partial charge is 0.260 e. The fourth-order valence-electron chi connectivity index (χ4n) is 1.12. The Bertz CT molecular complexity index is 367. The quantitative estimate of drug-likeness (QED) is 0.590. The van der Waals surface area contributed by atoms with E-state index in [0.717, 1.165) is 10.7 Å². The number of rotatable bonds is 3. The van der Waals surface area contributed by atoms with E-state index in [1.807, 2.05) is 20.9 Å². The molecule has 0 N–H and O–H groups in total. The molecule has 0 saturated carbocycles. The Morgan fingerprint density at radius 1 is 1.71 bits per heavy atom. The van der Waals surface area contributed by atoms with Crippen LogP contribution in [0.25, 0.3) is 0 Å². The maximum absolute atomic E-state index is 8.95. The van der Waals surface area contributed by atoms with Crippen molar-refractivity contribution in [1.29, 1.82) is 5.26 Å². The topological polar surface area (TPSA) is 41.6 Å². The molecule has 0 fully saturated rings. The van der Waals surface area contributed by atoms with Gasteiger partial charge in [-0.15, -0.1) is 23.4 Å². The van der Waals surface area contributed by atoms with Crippen molar-refractivity contribution in [3.8, 4) is 6.07 Å². The fourth-order valence-corrected chi connectivity index (χ4v) is 2.26. The molecule has 0 aliphatic heterocycles. The lowest BCUT2D eigenvalue weighted by Gasteiger charge is -2.06. The van der Waals surface area contributed by atoms with Crippen LogP contribution in [-0.2, 0) is 7.05 Å². The van der Waals surface area contributed by atoms with Gasteiger partial charge in [-0.25, -0.2) is 0 Å². The summed E-state index contributed by atoms with van der Waals surface area (Å²) in [5.74, 6) is 0.569. The van der Waals surface area contributed by atoms with Gasteiger partial charge < -0.3 is 0 Å². The van der Waals surface area contributed by atoms with Crippen LogP contribution in [0.1, 0.15) is 18.2 Å². The second kappa shape index (κ2) is 4.72. The highest BCUT2D eigenvalue weighted by molar-refractivity contribution is 8.00. The SMILES string of the molecule is Cc1nn(C)c(SC(C)CCl)c1C#N. The van der Waals surface area contributed by atoms with Gasteiger partial charge in [0.25, 0.3) is 0 Å². The summed E-state index contributed by atoms with van der Waals surface area (Å²) >= 11 is 7.31. The van der Waals surface area contributed by atoms with Gasteiger partial charge in [-0.1, -0.05) is 6.92 Å². The summed E-state index contributed by atoms with van der Waals surface area (Å²) in [7, 11) is 1.84. The Kier molecular flexibility index (Phi) is 3.85. The molecule has 0 saturated heterocycles. The number of nitriles is 1. The molecule has 0 aromatic carbocycles. The van der Waals surface area contributed by atoms with Gasteiger partial charge in [0.05, 0.1) is 5.69 Å². The molecule has 1 aromatic rings. The lowest BCUT2D eigenvalue weighted by molar-refractivity contribution is 0.690. The van der Waals surface area contributed by atoms with Crippen LogP contribution in [-0.4, -0.2) is 20.9 Å². The second-order valence-electron chi connectivity index (χ2n) is 3.08. The molecule has 0 radical (unpaired) electrons. The van der Waals surface area contributed by atoms with E-state index in [2.05, 4.69) is 11.2 Å².